The molecule has 2 aromatic carbocycles. The molecule has 9 heteroatoms. The van der Waals surface area contributed by atoms with Crippen LogP contribution in [0.3, 0.4) is 0 Å². The number of nitrogens with one attached hydrogen (secondary N) is 1. The van der Waals surface area contributed by atoms with Crippen molar-refractivity contribution < 1.29 is 17.9 Å². The smallest absolute Gasteiger partial charge is 0.242 e. The molecule has 1 fully saturated rings. The molecular weight excluding hydrogens is 440 g/mol. The number of aryl methyl sites for hydroxylation is 1. The summed E-state index contributed by atoms with van der Waals surface area (Å²) in [6.07, 6.45) is 0. The van der Waals surface area contributed by atoms with Gasteiger partial charge in [0.05, 0.1) is 10.9 Å². The minimum Gasteiger partial charge on any atom is -0.492 e. The van der Waals surface area contributed by atoms with E-state index >= 15 is 0 Å². The number of ether oxygens (including phenoxy) is 1. The summed E-state index contributed by atoms with van der Waals surface area (Å²) in [7, 11) is -0.590. The summed E-state index contributed by atoms with van der Waals surface area (Å²) in [6, 6.07) is 14.3. The summed E-state index contributed by atoms with van der Waals surface area (Å²) in [5, 5.41) is 2.93. The van der Waals surface area contributed by atoms with Gasteiger partial charge in [0.2, 0.25) is 15.9 Å². The topological polar surface area (TPSA) is 82.2 Å². The van der Waals surface area contributed by atoms with Gasteiger partial charge >= 0.3 is 0 Å². The molecule has 1 unspecified atom stereocenters. The van der Waals surface area contributed by atoms with Crippen molar-refractivity contribution in [3.63, 3.8) is 0 Å². The highest BCUT2D eigenvalue weighted by Crippen LogP contribution is 2.22. The third-order valence-electron chi connectivity index (χ3n) is 6.00. The van der Waals surface area contributed by atoms with Crippen LogP contribution >= 0.6 is 0 Å². The fourth-order valence-electron chi connectivity index (χ4n) is 3.69. The predicted octanol–water partition coefficient (Wildman–Crippen LogP) is 2.27. The van der Waals surface area contributed by atoms with Gasteiger partial charge in [-0.05, 0) is 43.7 Å². The summed E-state index contributed by atoms with van der Waals surface area (Å²) in [5.41, 5.74) is 1.34. The third kappa shape index (κ3) is 6.54. The van der Waals surface area contributed by atoms with Gasteiger partial charge in [0.25, 0.3) is 0 Å². The number of rotatable bonds is 9. The van der Waals surface area contributed by atoms with E-state index in [0.29, 0.717) is 12.3 Å². The Morgan fingerprint density at radius 2 is 1.76 bits per heavy atom. The van der Waals surface area contributed by atoms with Gasteiger partial charge in [-0.1, -0.05) is 24.3 Å². The molecule has 0 bridgehead atoms. The molecule has 1 atom stereocenters. The van der Waals surface area contributed by atoms with Crippen molar-refractivity contribution in [1.82, 2.24) is 14.1 Å². The SMILES string of the molecule is Cc1ccc(S(=O)(=O)N(C)C)cc1NC(=O)C(C)N1CCN(CCOc2ccccc2)CC1. The summed E-state index contributed by atoms with van der Waals surface area (Å²) in [5.74, 6) is 0.734. The Kier molecular flexibility index (Phi) is 8.47. The van der Waals surface area contributed by atoms with E-state index in [4.69, 9.17) is 4.74 Å². The zero-order valence-electron chi connectivity index (χ0n) is 19.8. The number of benzene rings is 2. The van der Waals surface area contributed by atoms with Crippen LogP contribution in [0.2, 0.25) is 0 Å². The van der Waals surface area contributed by atoms with Crippen molar-refractivity contribution in [3.05, 3.63) is 54.1 Å². The normalized spacial score (nSPS) is 16.5. The monoisotopic (exact) mass is 474 g/mol. The highest BCUT2D eigenvalue weighted by Gasteiger charge is 2.26. The average molecular weight is 475 g/mol. The number of hydrogen-bond acceptors (Lipinski definition) is 6. The second-order valence-corrected chi connectivity index (χ2v) is 10.6. The predicted molar refractivity (Wildman–Crippen MR) is 130 cm³/mol. The molecule has 8 nitrogen and oxygen atoms in total. The summed E-state index contributed by atoms with van der Waals surface area (Å²) >= 11 is 0. The van der Waals surface area contributed by atoms with Crippen LogP contribution in [0, 0.1) is 6.92 Å². The summed E-state index contributed by atoms with van der Waals surface area (Å²) in [4.78, 5) is 17.6. The Balaban J connectivity index is 1.51. The number of sulfonamides is 1. The van der Waals surface area contributed by atoms with E-state index in [-0.39, 0.29) is 16.8 Å². The molecule has 1 heterocycles. The molecule has 2 aromatic rings. The average Bonchev–Trinajstić information content (AvgIpc) is 2.81. The molecule has 0 radical (unpaired) electrons. The van der Waals surface area contributed by atoms with E-state index in [1.54, 1.807) is 12.1 Å². The lowest BCUT2D eigenvalue weighted by atomic mass is 10.1. The molecule has 1 aliphatic heterocycles. The Morgan fingerprint density at radius 3 is 2.39 bits per heavy atom. The number of carbonyl (C=O) groups is 1. The van der Waals surface area contributed by atoms with E-state index in [2.05, 4.69) is 15.1 Å². The van der Waals surface area contributed by atoms with Gasteiger partial charge in [-0.25, -0.2) is 12.7 Å². The van der Waals surface area contributed by atoms with Crippen LogP contribution in [0.4, 0.5) is 5.69 Å². The molecule has 0 spiro atoms. The number of para-hydroxylation sites is 1. The molecule has 1 aliphatic rings. The first kappa shape index (κ1) is 25.2. The molecule has 1 amide bonds. The molecule has 33 heavy (non-hydrogen) atoms. The standard InChI is InChI=1S/C24H34N4O4S/c1-19-10-11-22(33(30,31)26(3)4)18-23(19)25-24(29)20(2)28-14-12-27(13-15-28)16-17-32-21-8-6-5-7-9-21/h5-11,18,20H,12-17H2,1-4H3,(H,25,29). The first-order valence-corrected chi connectivity index (χ1v) is 12.6. The number of piperazine rings is 1. The van der Waals surface area contributed by atoms with Gasteiger partial charge in [0, 0.05) is 52.5 Å². The summed E-state index contributed by atoms with van der Waals surface area (Å²) < 4.78 is 31.8. The number of anilines is 1. The second kappa shape index (κ2) is 11.1. The molecule has 0 aromatic heterocycles. The fourth-order valence-corrected chi connectivity index (χ4v) is 4.62. The molecular formula is C24H34N4O4S. The molecule has 180 valence electrons. The second-order valence-electron chi connectivity index (χ2n) is 8.47. The molecule has 0 saturated carbocycles. The van der Waals surface area contributed by atoms with Crippen molar-refractivity contribution in [1.29, 1.82) is 0 Å². The van der Waals surface area contributed by atoms with Crippen molar-refractivity contribution >= 4 is 21.6 Å². The summed E-state index contributed by atoms with van der Waals surface area (Å²) in [6.45, 7) is 8.52. The molecule has 1 saturated heterocycles. The number of carbonyl (C=O) groups excluding carboxylic acids is 1. The highest BCUT2D eigenvalue weighted by atomic mass is 32.2. The van der Waals surface area contributed by atoms with E-state index in [9.17, 15) is 13.2 Å². The Bertz CT molecular complexity index is 1040. The van der Waals surface area contributed by atoms with Gasteiger partial charge < -0.3 is 10.1 Å². The Morgan fingerprint density at radius 1 is 1.09 bits per heavy atom. The molecule has 0 aliphatic carbocycles. The highest BCUT2D eigenvalue weighted by molar-refractivity contribution is 7.89. The third-order valence-corrected chi connectivity index (χ3v) is 7.81. The van der Waals surface area contributed by atoms with E-state index < -0.39 is 10.0 Å². The van der Waals surface area contributed by atoms with Crippen LogP contribution < -0.4 is 10.1 Å². The lowest BCUT2D eigenvalue weighted by Gasteiger charge is -2.37. The largest absolute Gasteiger partial charge is 0.492 e. The van der Waals surface area contributed by atoms with Crippen molar-refractivity contribution in [2.75, 3.05) is 58.7 Å². The molecule has 3 rings (SSSR count). The van der Waals surface area contributed by atoms with Crippen LogP contribution in [0.25, 0.3) is 0 Å². The first-order valence-electron chi connectivity index (χ1n) is 11.2. The van der Waals surface area contributed by atoms with E-state index in [0.717, 1.165) is 48.3 Å². The van der Waals surface area contributed by atoms with Gasteiger partial charge in [0.15, 0.2) is 0 Å². The lowest BCUT2D eigenvalue weighted by molar-refractivity contribution is -0.121. The van der Waals surface area contributed by atoms with Gasteiger partial charge in [0.1, 0.15) is 12.4 Å². The van der Waals surface area contributed by atoms with Gasteiger partial charge in [-0.2, -0.15) is 0 Å². The number of amides is 1. The van der Waals surface area contributed by atoms with Gasteiger partial charge in [-0.3, -0.25) is 14.6 Å². The Labute approximate surface area is 197 Å². The van der Waals surface area contributed by atoms with Crippen molar-refractivity contribution in [2.45, 2.75) is 24.8 Å². The van der Waals surface area contributed by atoms with Crippen molar-refractivity contribution in [3.8, 4) is 5.75 Å². The minimum absolute atomic E-state index is 0.140. The van der Waals surface area contributed by atoms with E-state index in [1.807, 2.05) is 44.2 Å². The maximum Gasteiger partial charge on any atom is 0.242 e. The van der Waals surface area contributed by atoms with Crippen LogP contribution in [0.15, 0.2) is 53.4 Å². The number of nitrogens with zero attached hydrogens (tertiary/aromatic N) is 3. The first-order chi connectivity index (χ1) is 15.7. The van der Waals surface area contributed by atoms with Crippen LogP contribution in [-0.2, 0) is 14.8 Å². The zero-order chi connectivity index (χ0) is 24.0. The maximum atomic E-state index is 12.9. The van der Waals surface area contributed by atoms with Crippen LogP contribution in [0.5, 0.6) is 5.75 Å². The fraction of sp³-hybridized carbons (Fsp3) is 0.458. The quantitative estimate of drug-likeness (QED) is 0.601. The molecule has 1 N–H and O–H groups in total. The zero-order valence-corrected chi connectivity index (χ0v) is 20.6. The van der Waals surface area contributed by atoms with Crippen molar-refractivity contribution in [2.24, 2.45) is 0 Å². The lowest BCUT2D eigenvalue weighted by Crippen LogP contribution is -2.53. The minimum atomic E-state index is -3.57. The maximum absolute atomic E-state index is 12.9. The Hall–Kier alpha value is -2.46. The van der Waals surface area contributed by atoms with Crippen LogP contribution in [-0.4, -0.2) is 87.9 Å². The van der Waals surface area contributed by atoms with E-state index in [1.165, 1.54) is 20.2 Å². The van der Waals surface area contributed by atoms with Gasteiger partial charge in [-0.15, -0.1) is 0 Å². The number of hydrogen-bond donors (Lipinski definition) is 1. The van der Waals surface area contributed by atoms with Crippen LogP contribution in [0.1, 0.15) is 12.5 Å².